The number of benzene rings is 3. The molecule has 7 nitrogen and oxygen atoms in total. The van der Waals surface area contributed by atoms with Gasteiger partial charge in [-0.3, -0.25) is 19.7 Å². The van der Waals surface area contributed by atoms with Crippen molar-refractivity contribution in [3.05, 3.63) is 120 Å². The second-order valence-electron chi connectivity index (χ2n) is 11.0. The van der Waals surface area contributed by atoms with Crippen LogP contribution in [0, 0.1) is 0 Å². The van der Waals surface area contributed by atoms with Crippen LogP contribution in [-0.4, -0.2) is 56.8 Å². The van der Waals surface area contributed by atoms with Crippen LogP contribution in [-0.2, 0) is 24.2 Å². The van der Waals surface area contributed by atoms with Crippen molar-refractivity contribution in [2.24, 2.45) is 0 Å². The van der Waals surface area contributed by atoms with E-state index in [0.717, 1.165) is 82.7 Å². The fourth-order valence-corrected chi connectivity index (χ4v) is 5.81. The minimum absolute atomic E-state index is 0.207. The maximum Gasteiger partial charge on any atom is 0.147 e. The van der Waals surface area contributed by atoms with Crippen LogP contribution >= 0.6 is 0 Å². The van der Waals surface area contributed by atoms with Crippen LogP contribution in [0.25, 0.3) is 33.1 Å². The van der Waals surface area contributed by atoms with Crippen LogP contribution in [0.2, 0.25) is 0 Å². The number of aromatic amines is 1. The van der Waals surface area contributed by atoms with Crippen molar-refractivity contribution in [1.82, 2.24) is 24.8 Å². The van der Waals surface area contributed by atoms with Crippen molar-refractivity contribution in [2.45, 2.75) is 19.4 Å². The number of hydrogen-bond acceptors (Lipinski definition) is 6. The Morgan fingerprint density at radius 3 is 2.45 bits per heavy atom. The van der Waals surface area contributed by atoms with E-state index in [1.807, 2.05) is 55.1 Å². The number of anilines is 1. The van der Waals surface area contributed by atoms with Gasteiger partial charge < -0.3 is 9.88 Å². The zero-order chi connectivity index (χ0) is 28.3. The van der Waals surface area contributed by atoms with Gasteiger partial charge in [0.05, 0.1) is 17.2 Å². The summed E-state index contributed by atoms with van der Waals surface area (Å²) in [6.45, 7) is 4.71. The Kier molecular flexibility index (Phi) is 7.16. The molecule has 42 heavy (non-hydrogen) atoms. The van der Waals surface area contributed by atoms with Crippen molar-refractivity contribution < 1.29 is 4.79 Å². The molecule has 0 radical (unpaired) electrons. The monoisotopic (exact) mass is 552 g/mol. The Morgan fingerprint density at radius 1 is 0.786 bits per heavy atom. The molecular weight excluding hydrogens is 520 g/mol. The molecule has 208 valence electrons. The van der Waals surface area contributed by atoms with E-state index in [0.29, 0.717) is 12.8 Å². The molecule has 3 aromatic heterocycles. The van der Waals surface area contributed by atoms with Gasteiger partial charge in [-0.05, 0) is 52.1 Å². The Hall–Kier alpha value is -4.88. The van der Waals surface area contributed by atoms with Gasteiger partial charge in [0.25, 0.3) is 0 Å². The molecule has 0 spiro atoms. The molecule has 4 heterocycles. The Labute approximate surface area is 244 Å². The van der Waals surface area contributed by atoms with Gasteiger partial charge in [-0.15, -0.1) is 0 Å². The van der Waals surface area contributed by atoms with E-state index in [1.165, 1.54) is 5.56 Å². The SMILES string of the molecule is O=C(Cc1ccc(-c2ccc3ncc(N4CCN(Cc5cccnc5)CC4)nc3c2)cc1)Cc1c[nH]c2ccccc12. The van der Waals surface area contributed by atoms with Gasteiger partial charge in [-0.1, -0.05) is 54.6 Å². The summed E-state index contributed by atoms with van der Waals surface area (Å²) < 4.78 is 0. The quantitative estimate of drug-likeness (QED) is 0.255. The molecule has 0 bridgehead atoms. The third-order valence-corrected chi connectivity index (χ3v) is 8.11. The van der Waals surface area contributed by atoms with Gasteiger partial charge in [0.2, 0.25) is 0 Å². The van der Waals surface area contributed by atoms with Crippen LogP contribution in [0.3, 0.4) is 0 Å². The topological polar surface area (TPSA) is 78.0 Å². The predicted octanol–water partition coefficient (Wildman–Crippen LogP) is 5.85. The molecule has 1 aliphatic rings. The summed E-state index contributed by atoms with van der Waals surface area (Å²) >= 11 is 0. The highest BCUT2D eigenvalue weighted by atomic mass is 16.1. The number of pyridine rings is 1. The highest BCUT2D eigenvalue weighted by molar-refractivity contribution is 5.90. The Morgan fingerprint density at radius 2 is 1.62 bits per heavy atom. The summed E-state index contributed by atoms with van der Waals surface area (Å²) in [5, 5.41) is 1.12. The number of ketones is 1. The average Bonchev–Trinajstić information content (AvgIpc) is 3.44. The van der Waals surface area contributed by atoms with E-state index in [1.54, 1.807) is 0 Å². The maximum absolute atomic E-state index is 12.8. The summed E-state index contributed by atoms with van der Waals surface area (Å²) in [6, 6.07) is 26.8. The number of nitrogens with one attached hydrogen (secondary N) is 1. The highest BCUT2D eigenvalue weighted by Crippen LogP contribution is 2.26. The summed E-state index contributed by atoms with van der Waals surface area (Å²) in [5.41, 5.74) is 8.35. The molecule has 0 amide bonds. The van der Waals surface area contributed by atoms with Crippen LogP contribution < -0.4 is 4.90 Å². The third-order valence-electron chi connectivity index (χ3n) is 8.11. The minimum Gasteiger partial charge on any atom is -0.361 e. The maximum atomic E-state index is 12.8. The number of rotatable bonds is 8. The normalized spacial score (nSPS) is 14.0. The van der Waals surface area contributed by atoms with Crippen molar-refractivity contribution in [3.8, 4) is 11.1 Å². The first kappa shape index (κ1) is 26.0. The largest absolute Gasteiger partial charge is 0.361 e. The van der Waals surface area contributed by atoms with Crippen molar-refractivity contribution in [1.29, 1.82) is 0 Å². The lowest BCUT2D eigenvalue weighted by Crippen LogP contribution is -2.46. The number of carbonyl (C=O) groups is 1. The fraction of sp³-hybridized carbons (Fsp3) is 0.200. The van der Waals surface area contributed by atoms with Crippen molar-refractivity contribution >= 4 is 33.5 Å². The molecule has 1 N–H and O–H groups in total. The first-order valence-corrected chi connectivity index (χ1v) is 14.5. The number of hydrogen-bond donors (Lipinski definition) is 1. The van der Waals surface area contributed by atoms with E-state index in [9.17, 15) is 4.79 Å². The van der Waals surface area contributed by atoms with Gasteiger partial charge in [0.1, 0.15) is 11.6 Å². The van der Waals surface area contributed by atoms with Crippen molar-refractivity contribution in [2.75, 3.05) is 31.1 Å². The fourth-order valence-electron chi connectivity index (χ4n) is 5.81. The van der Waals surface area contributed by atoms with E-state index in [-0.39, 0.29) is 5.78 Å². The number of fused-ring (bicyclic) bond motifs is 2. The lowest BCUT2D eigenvalue weighted by molar-refractivity contribution is -0.117. The number of aromatic nitrogens is 4. The Balaban J connectivity index is 1.00. The van der Waals surface area contributed by atoms with Gasteiger partial charge in [-0.25, -0.2) is 4.98 Å². The molecule has 1 fully saturated rings. The summed E-state index contributed by atoms with van der Waals surface area (Å²) in [5.74, 6) is 1.13. The summed E-state index contributed by atoms with van der Waals surface area (Å²) in [6.07, 6.45) is 8.44. The van der Waals surface area contributed by atoms with Crippen LogP contribution in [0.5, 0.6) is 0 Å². The summed E-state index contributed by atoms with van der Waals surface area (Å²) in [4.78, 5) is 34.8. The molecular formula is C35H32N6O. The van der Waals surface area contributed by atoms with E-state index < -0.39 is 0 Å². The zero-order valence-corrected chi connectivity index (χ0v) is 23.4. The molecule has 0 atom stereocenters. The highest BCUT2D eigenvalue weighted by Gasteiger charge is 2.19. The van der Waals surface area contributed by atoms with E-state index in [2.05, 4.69) is 68.3 Å². The number of para-hydroxylation sites is 1. The molecule has 0 unspecified atom stereocenters. The van der Waals surface area contributed by atoms with Gasteiger partial charge in [0, 0.05) is 75.1 Å². The third kappa shape index (κ3) is 5.64. The van der Waals surface area contributed by atoms with Crippen LogP contribution in [0.15, 0.2) is 104 Å². The molecule has 0 saturated carbocycles. The van der Waals surface area contributed by atoms with E-state index >= 15 is 0 Å². The molecule has 7 heteroatoms. The number of Topliss-reactive ketones (excluding diaryl/α,β-unsaturated/α-hetero) is 1. The van der Waals surface area contributed by atoms with Crippen LogP contribution in [0.4, 0.5) is 5.82 Å². The summed E-state index contributed by atoms with van der Waals surface area (Å²) in [7, 11) is 0. The second kappa shape index (κ2) is 11.5. The van der Waals surface area contributed by atoms with Gasteiger partial charge in [-0.2, -0.15) is 0 Å². The predicted molar refractivity (Wildman–Crippen MR) is 167 cm³/mol. The molecule has 0 aliphatic carbocycles. The standard InChI is InChI=1S/C35H32N6O/c42-30(19-29-22-37-32-6-2-1-5-31(29)32)18-25-7-9-27(10-8-25)28-11-12-33-34(20-28)39-35(23-38-33)41-16-14-40(15-17-41)24-26-4-3-13-36-21-26/h1-13,20-23,37H,14-19,24H2. The van der Waals surface area contributed by atoms with Crippen LogP contribution in [0.1, 0.15) is 16.7 Å². The molecule has 1 aliphatic heterocycles. The number of nitrogens with zero attached hydrogens (tertiary/aromatic N) is 5. The smallest absolute Gasteiger partial charge is 0.147 e. The van der Waals surface area contributed by atoms with E-state index in [4.69, 9.17) is 9.97 Å². The minimum atomic E-state index is 0.207. The number of carbonyl (C=O) groups excluding carboxylic acids is 1. The molecule has 7 rings (SSSR count). The number of piperazine rings is 1. The molecule has 1 saturated heterocycles. The number of H-pyrrole nitrogens is 1. The van der Waals surface area contributed by atoms with Crippen molar-refractivity contribution in [3.63, 3.8) is 0 Å². The Bertz CT molecular complexity index is 1840. The zero-order valence-electron chi connectivity index (χ0n) is 23.4. The van der Waals surface area contributed by atoms with Gasteiger partial charge in [0.15, 0.2) is 0 Å². The lowest BCUT2D eigenvalue weighted by atomic mass is 9.99. The van der Waals surface area contributed by atoms with Gasteiger partial charge >= 0.3 is 0 Å². The molecule has 6 aromatic rings. The first-order chi connectivity index (χ1) is 20.7. The second-order valence-corrected chi connectivity index (χ2v) is 11.0. The lowest BCUT2D eigenvalue weighted by Gasteiger charge is -2.35. The molecule has 3 aromatic carbocycles. The first-order valence-electron chi connectivity index (χ1n) is 14.5. The average molecular weight is 553 g/mol.